The quantitative estimate of drug-likeness (QED) is 0.791. The zero-order valence-electron chi connectivity index (χ0n) is 10.7. The fraction of sp³-hybridized carbons (Fsp3) is 0.500. The third-order valence-corrected chi connectivity index (χ3v) is 2.85. The summed E-state index contributed by atoms with van der Waals surface area (Å²) in [6.45, 7) is 4.79. The van der Waals surface area contributed by atoms with Crippen LogP contribution in [-0.2, 0) is 0 Å². The number of hydrogen-bond acceptors (Lipinski definition) is 3. The number of aryl methyl sites for hydroxylation is 1. The lowest BCUT2D eigenvalue weighted by Gasteiger charge is -2.19. The van der Waals surface area contributed by atoms with E-state index in [0.717, 1.165) is 30.5 Å². The SMILES string of the molecule is CCCCC(CN)Nc1cc(C)ccc1C#N. The second-order valence-electron chi connectivity index (χ2n) is 4.38. The fourth-order valence-corrected chi connectivity index (χ4v) is 1.79. The van der Waals surface area contributed by atoms with Gasteiger partial charge in [0, 0.05) is 12.6 Å². The summed E-state index contributed by atoms with van der Waals surface area (Å²) in [6, 6.07) is 8.27. The van der Waals surface area contributed by atoms with Gasteiger partial charge in [-0.25, -0.2) is 0 Å². The van der Waals surface area contributed by atoms with E-state index in [-0.39, 0.29) is 6.04 Å². The van der Waals surface area contributed by atoms with E-state index in [9.17, 15) is 0 Å². The summed E-state index contributed by atoms with van der Waals surface area (Å²) in [4.78, 5) is 0. The Labute approximate surface area is 104 Å². The molecule has 1 rings (SSSR count). The van der Waals surface area contributed by atoms with Crippen LogP contribution in [0.2, 0.25) is 0 Å². The lowest BCUT2D eigenvalue weighted by atomic mass is 10.1. The van der Waals surface area contributed by atoms with Crippen molar-refractivity contribution in [2.24, 2.45) is 5.73 Å². The molecule has 92 valence electrons. The van der Waals surface area contributed by atoms with E-state index in [2.05, 4.69) is 18.3 Å². The first-order valence-electron chi connectivity index (χ1n) is 6.18. The maximum absolute atomic E-state index is 9.05. The number of nitrogens with one attached hydrogen (secondary N) is 1. The second kappa shape index (κ2) is 6.93. The van der Waals surface area contributed by atoms with Crippen molar-refractivity contribution in [1.29, 1.82) is 5.26 Å². The van der Waals surface area contributed by atoms with Gasteiger partial charge in [0.15, 0.2) is 0 Å². The smallest absolute Gasteiger partial charge is 0.101 e. The van der Waals surface area contributed by atoms with Crippen LogP contribution in [-0.4, -0.2) is 12.6 Å². The van der Waals surface area contributed by atoms with Crippen molar-refractivity contribution in [3.8, 4) is 6.07 Å². The number of unbranched alkanes of at least 4 members (excludes halogenated alkanes) is 1. The standard InChI is InChI=1S/C14H21N3/c1-3-4-5-13(10-16)17-14-8-11(2)6-7-12(14)9-15/h6-8,13,17H,3-5,10,16H2,1-2H3. The van der Waals surface area contributed by atoms with Crippen LogP contribution in [0.5, 0.6) is 0 Å². The predicted molar refractivity (Wildman–Crippen MR) is 71.9 cm³/mol. The molecule has 0 heterocycles. The summed E-state index contributed by atoms with van der Waals surface area (Å²) in [5, 5.41) is 12.4. The number of anilines is 1. The lowest BCUT2D eigenvalue weighted by molar-refractivity contribution is 0.614. The van der Waals surface area contributed by atoms with Gasteiger partial charge in [-0.3, -0.25) is 0 Å². The minimum atomic E-state index is 0.254. The Morgan fingerprint density at radius 3 is 2.82 bits per heavy atom. The fourth-order valence-electron chi connectivity index (χ4n) is 1.79. The van der Waals surface area contributed by atoms with Gasteiger partial charge in [-0.1, -0.05) is 25.8 Å². The first kappa shape index (κ1) is 13.5. The number of rotatable bonds is 6. The Balaban J connectivity index is 2.78. The minimum absolute atomic E-state index is 0.254. The summed E-state index contributed by atoms with van der Waals surface area (Å²) in [5.74, 6) is 0. The number of nitrogens with zero attached hydrogens (tertiary/aromatic N) is 1. The highest BCUT2D eigenvalue weighted by Gasteiger charge is 2.09. The van der Waals surface area contributed by atoms with Crippen molar-refractivity contribution in [2.45, 2.75) is 39.2 Å². The van der Waals surface area contributed by atoms with Crippen LogP contribution in [0.1, 0.15) is 37.3 Å². The van der Waals surface area contributed by atoms with Gasteiger partial charge >= 0.3 is 0 Å². The van der Waals surface area contributed by atoms with Crippen molar-refractivity contribution < 1.29 is 0 Å². The molecule has 0 bridgehead atoms. The molecule has 1 aromatic rings. The van der Waals surface area contributed by atoms with Gasteiger partial charge in [-0.2, -0.15) is 5.26 Å². The maximum atomic E-state index is 9.05. The van der Waals surface area contributed by atoms with E-state index in [0.29, 0.717) is 12.1 Å². The van der Waals surface area contributed by atoms with Gasteiger partial charge < -0.3 is 11.1 Å². The zero-order valence-corrected chi connectivity index (χ0v) is 10.7. The normalized spacial score (nSPS) is 11.9. The molecule has 0 saturated heterocycles. The van der Waals surface area contributed by atoms with Crippen molar-refractivity contribution >= 4 is 5.69 Å². The lowest BCUT2D eigenvalue weighted by Crippen LogP contribution is -2.29. The van der Waals surface area contributed by atoms with Gasteiger partial charge in [0.25, 0.3) is 0 Å². The van der Waals surface area contributed by atoms with Crippen LogP contribution in [0.3, 0.4) is 0 Å². The Hall–Kier alpha value is -1.53. The van der Waals surface area contributed by atoms with Gasteiger partial charge in [-0.05, 0) is 31.0 Å². The van der Waals surface area contributed by atoms with Crippen LogP contribution in [0.15, 0.2) is 18.2 Å². The first-order chi connectivity index (χ1) is 8.21. The molecule has 0 radical (unpaired) electrons. The molecule has 0 amide bonds. The molecular weight excluding hydrogens is 210 g/mol. The highest BCUT2D eigenvalue weighted by atomic mass is 14.9. The van der Waals surface area contributed by atoms with Crippen LogP contribution in [0.25, 0.3) is 0 Å². The highest BCUT2D eigenvalue weighted by Crippen LogP contribution is 2.18. The molecule has 3 nitrogen and oxygen atoms in total. The number of nitrogens with two attached hydrogens (primary N) is 1. The molecule has 1 unspecified atom stereocenters. The molecule has 0 fully saturated rings. The van der Waals surface area contributed by atoms with E-state index >= 15 is 0 Å². The Morgan fingerprint density at radius 1 is 1.47 bits per heavy atom. The summed E-state index contributed by atoms with van der Waals surface area (Å²) < 4.78 is 0. The Morgan fingerprint density at radius 2 is 2.24 bits per heavy atom. The van der Waals surface area contributed by atoms with Crippen molar-refractivity contribution in [2.75, 3.05) is 11.9 Å². The van der Waals surface area contributed by atoms with Crippen molar-refractivity contribution in [3.05, 3.63) is 29.3 Å². The third-order valence-electron chi connectivity index (χ3n) is 2.85. The number of hydrogen-bond donors (Lipinski definition) is 2. The molecule has 0 aromatic heterocycles. The zero-order chi connectivity index (χ0) is 12.7. The number of nitriles is 1. The van der Waals surface area contributed by atoms with E-state index in [1.54, 1.807) is 0 Å². The molecule has 0 aliphatic carbocycles. The van der Waals surface area contributed by atoms with Crippen molar-refractivity contribution in [3.63, 3.8) is 0 Å². The molecule has 0 aliphatic heterocycles. The van der Waals surface area contributed by atoms with Crippen LogP contribution in [0, 0.1) is 18.3 Å². The average Bonchev–Trinajstić information content (AvgIpc) is 2.34. The summed E-state index contributed by atoms with van der Waals surface area (Å²) in [5.41, 5.74) is 8.48. The Kier molecular flexibility index (Phi) is 5.51. The molecule has 0 spiro atoms. The van der Waals surface area contributed by atoms with Crippen LogP contribution >= 0.6 is 0 Å². The van der Waals surface area contributed by atoms with Gasteiger partial charge in [-0.15, -0.1) is 0 Å². The molecule has 1 atom stereocenters. The monoisotopic (exact) mass is 231 g/mol. The van der Waals surface area contributed by atoms with E-state index in [1.165, 1.54) is 0 Å². The first-order valence-corrected chi connectivity index (χ1v) is 6.18. The van der Waals surface area contributed by atoms with Gasteiger partial charge in [0.1, 0.15) is 6.07 Å². The highest BCUT2D eigenvalue weighted by molar-refractivity contribution is 5.59. The summed E-state index contributed by atoms with van der Waals surface area (Å²) >= 11 is 0. The summed E-state index contributed by atoms with van der Waals surface area (Å²) in [7, 11) is 0. The minimum Gasteiger partial charge on any atom is -0.380 e. The largest absolute Gasteiger partial charge is 0.380 e. The van der Waals surface area contributed by atoms with E-state index in [1.807, 2.05) is 25.1 Å². The second-order valence-corrected chi connectivity index (χ2v) is 4.38. The number of benzene rings is 1. The van der Waals surface area contributed by atoms with Crippen LogP contribution in [0.4, 0.5) is 5.69 Å². The molecule has 1 aromatic carbocycles. The predicted octanol–water partition coefficient (Wildman–Crippen LogP) is 2.80. The van der Waals surface area contributed by atoms with Gasteiger partial charge in [0.2, 0.25) is 0 Å². The molecule has 0 aliphatic rings. The molecule has 3 N–H and O–H groups in total. The molecule has 17 heavy (non-hydrogen) atoms. The van der Waals surface area contributed by atoms with Crippen molar-refractivity contribution in [1.82, 2.24) is 0 Å². The average molecular weight is 231 g/mol. The maximum Gasteiger partial charge on any atom is 0.101 e. The molecule has 0 saturated carbocycles. The third kappa shape index (κ3) is 4.08. The molecular formula is C14H21N3. The van der Waals surface area contributed by atoms with E-state index < -0.39 is 0 Å². The van der Waals surface area contributed by atoms with Gasteiger partial charge in [0.05, 0.1) is 11.3 Å². The topological polar surface area (TPSA) is 61.8 Å². The van der Waals surface area contributed by atoms with Crippen LogP contribution < -0.4 is 11.1 Å². The Bertz CT molecular complexity index is 393. The summed E-state index contributed by atoms with van der Waals surface area (Å²) in [6.07, 6.45) is 3.37. The molecule has 3 heteroatoms. The van der Waals surface area contributed by atoms with E-state index in [4.69, 9.17) is 11.0 Å².